The van der Waals surface area contributed by atoms with E-state index in [-0.39, 0.29) is 12.1 Å². The summed E-state index contributed by atoms with van der Waals surface area (Å²) in [5.74, 6) is -1.45. The van der Waals surface area contributed by atoms with Gasteiger partial charge in [0.25, 0.3) is 0 Å². The van der Waals surface area contributed by atoms with E-state index in [1.54, 1.807) is 18.2 Å². The molecule has 174 valence electrons. The quantitative estimate of drug-likeness (QED) is 0.383. The third kappa shape index (κ3) is 4.59. The summed E-state index contributed by atoms with van der Waals surface area (Å²) >= 11 is 5.50. The maximum atomic E-state index is 14.4. The van der Waals surface area contributed by atoms with E-state index in [0.29, 0.717) is 16.5 Å². The highest BCUT2D eigenvalue weighted by atomic mass is 35.5. The molecule has 1 aromatic heterocycles. The van der Waals surface area contributed by atoms with Gasteiger partial charge in [-0.1, -0.05) is 43.6 Å². The lowest BCUT2D eigenvalue weighted by molar-refractivity contribution is -0.266. The zero-order chi connectivity index (χ0) is 24.1. The molecule has 3 rings (SSSR count). The molecule has 2 aromatic carbocycles. The van der Waals surface area contributed by atoms with E-state index in [1.807, 2.05) is 0 Å². The number of halogens is 8. The zero-order valence-electron chi connectivity index (χ0n) is 16.8. The highest BCUT2D eigenvalue weighted by Gasteiger charge is 2.56. The maximum absolute atomic E-state index is 14.4. The second-order valence-electron chi connectivity index (χ2n) is 8.34. The molecule has 0 radical (unpaired) electrons. The Morgan fingerprint density at radius 3 is 2.25 bits per heavy atom. The molecule has 0 bridgehead atoms. The predicted molar refractivity (Wildman–Crippen MR) is 105 cm³/mol. The Balaban J connectivity index is 2.07. The Bertz CT molecular complexity index is 1130. The van der Waals surface area contributed by atoms with Crippen molar-refractivity contribution in [3.63, 3.8) is 0 Å². The summed E-state index contributed by atoms with van der Waals surface area (Å²) in [4.78, 5) is 0. The van der Waals surface area contributed by atoms with Crippen LogP contribution in [0.25, 0.3) is 11.0 Å². The minimum Gasteiger partial charge on any atom is -0.464 e. The molecule has 0 amide bonds. The second kappa shape index (κ2) is 7.95. The van der Waals surface area contributed by atoms with Gasteiger partial charge in [-0.3, -0.25) is 0 Å². The molecule has 32 heavy (non-hydrogen) atoms. The van der Waals surface area contributed by atoms with Crippen LogP contribution in [-0.4, -0.2) is 16.9 Å². The third-order valence-corrected chi connectivity index (χ3v) is 5.66. The van der Waals surface area contributed by atoms with Crippen LogP contribution in [0.2, 0.25) is 5.02 Å². The molecule has 1 atom stereocenters. The number of aliphatic hydroxyl groups is 1. The van der Waals surface area contributed by atoms with Gasteiger partial charge in [0.1, 0.15) is 11.4 Å². The molecular weight excluding hydrogens is 465 g/mol. The van der Waals surface area contributed by atoms with Gasteiger partial charge >= 0.3 is 12.4 Å². The topological polar surface area (TPSA) is 33.4 Å². The number of hydrogen-bond acceptors (Lipinski definition) is 2. The van der Waals surface area contributed by atoms with Crippen molar-refractivity contribution in [3.8, 4) is 0 Å². The maximum Gasteiger partial charge on any atom is 0.417 e. The second-order valence-corrected chi connectivity index (χ2v) is 8.75. The molecule has 2 nitrogen and oxygen atoms in total. The van der Waals surface area contributed by atoms with Crippen LogP contribution in [-0.2, 0) is 18.0 Å². The van der Waals surface area contributed by atoms with Crippen LogP contribution in [0.3, 0.4) is 0 Å². The fourth-order valence-corrected chi connectivity index (χ4v) is 4.11. The first kappa shape index (κ1) is 24.4. The van der Waals surface area contributed by atoms with E-state index in [9.17, 15) is 35.8 Å². The van der Waals surface area contributed by atoms with E-state index >= 15 is 0 Å². The molecule has 0 aliphatic carbocycles. The molecule has 0 aliphatic heterocycles. The van der Waals surface area contributed by atoms with Crippen molar-refractivity contribution >= 4 is 22.6 Å². The lowest BCUT2D eigenvalue weighted by Gasteiger charge is -2.38. The predicted octanol–water partition coefficient (Wildman–Crippen LogP) is 7.45. The van der Waals surface area contributed by atoms with E-state index < -0.39 is 58.2 Å². The van der Waals surface area contributed by atoms with Gasteiger partial charge < -0.3 is 9.52 Å². The smallest absolute Gasteiger partial charge is 0.417 e. The normalized spacial score (nSPS) is 15.2. The molecular formula is C22H18ClF7O2. The summed E-state index contributed by atoms with van der Waals surface area (Å²) in [5.41, 5.74) is -6.65. The fraction of sp³-hybridized carbons (Fsp3) is 0.364. The summed E-state index contributed by atoms with van der Waals surface area (Å²) in [5, 5.41) is 10.3. The molecule has 3 aromatic rings. The Hall–Kier alpha value is -2.26. The summed E-state index contributed by atoms with van der Waals surface area (Å²) in [6.07, 6.45) is -11.3. The Morgan fingerprint density at radius 2 is 1.66 bits per heavy atom. The van der Waals surface area contributed by atoms with Crippen molar-refractivity contribution in [2.24, 2.45) is 0 Å². The van der Waals surface area contributed by atoms with Crippen LogP contribution < -0.4 is 0 Å². The van der Waals surface area contributed by atoms with Crippen molar-refractivity contribution < 1.29 is 40.3 Å². The molecule has 1 heterocycles. The number of furan rings is 1. The molecule has 0 saturated carbocycles. The van der Waals surface area contributed by atoms with Gasteiger partial charge in [-0.05, 0) is 35.6 Å². The zero-order valence-corrected chi connectivity index (χ0v) is 17.6. The SMILES string of the molecule is CC(C)(CC(O)(Cc1cc(C(F)(F)F)cc(Cl)c1F)C(F)(F)F)c1cccc2ccoc12. The molecule has 10 heteroatoms. The number of alkyl halides is 6. The van der Waals surface area contributed by atoms with Crippen LogP contribution >= 0.6 is 11.6 Å². The van der Waals surface area contributed by atoms with Crippen molar-refractivity contribution in [2.45, 2.75) is 50.1 Å². The third-order valence-electron chi connectivity index (χ3n) is 5.38. The Kier molecular flexibility index (Phi) is 6.06. The van der Waals surface area contributed by atoms with Gasteiger partial charge in [0.15, 0.2) is 5.60 Å². The van der Waals surface area contributed by atoms with Gasteiger partial charge in [-0.2, -0.15) is 26.3 Å². The van der Waals surface area contributed by atoms with Crippen LogP contribution in [0.4, 0.5) is 30.7 Å². The standard InChI is InChI=1S/C22H18ClF7O2/c1-19(2,15-5-3-4-12-6-7-32-18(12)15)11-20(31,22(28,29)30)10-13-8-14(21(25,26)27)9-16(23)17(13)24/h3-9,31H,10-11H2,1-2H3. The molecule has 0 fully saturated rings. The summed E-state index contributed by atoms with van der Waals surface area (Å²) in [6.45, 7) is 2.85. The van der Waals surface area contributed by atoms with Crippen molar-refractivity contribution in [1.29, 1.82) is 0 Å². The van der Waals surface area contributed by atoms with E-state index in [0.717, 1.165) is 0 Å². The summed E-state index contributed by atoms with van der Waals surface area (Å²) < 4.78 is 101. The van der Waals surface area contributed by atoms with Crippen LogP contribution in [0.5, 0.6) is 0 Å². The molecule has 0 aliphatic rings. The monoisotopic (exact) mass is 482 g/mol. The summed E-state index contributed by atoms with van der Waals surface area (Å²) in [7, 11) is 0. The highest BCUT2D eigenvalue weighted by molar-refractivity contribution is 6.30. The van der Waals surface area contributed by atoms with Gasteiger partial charge in [0.05, 0.1) is 16.8 Å². The van der Waals surface area contributed by atoms with Crippen molar-refractivity contribution in [1.82, 2.24) is 0 Å². The summed E-state index contributed by atoms with van der Waals surface area (Å²) in [6, 6.07) is 6.96. The van der Waals surface area contributed by atoms with Gasteiger partial charge in [0.2, 0.25) is 0 Å². The lowest BCUT2D eigenvalue weighted by atomic mass is 9.72. The van der Waals surface area contributed by atoms with E-state index in [1.165, 1.54) is 26.2 Å². The van der Waals surface area contributed by atoms with Crippen molar-refractivity contribution in [2.75, 3.05) is 0 Å². The Labute approximate surface area is 183 Å². The number of benzene rings is 2. The van der Waals surface area contributed by atoms with Gasteiger partial charge in [-0.15, -0.1) is 0 Å². The minimum atomic E-state index is -5.28. The first-order valence-corrected chi connectivity index (χ1v) is 9.74. The molecule has 0 spiro atoms. The van der Waals surface area contributed by atoms with Gasteiger partial charge in [-0.25, -0.2) is 4.39 Å². The van der Waals surface area contributed by atoms with Crippen LogP contribution in [0.15, 0.2) is 47.1 Å². The molecule has 1 N–H and O–H groups in total. The average molecular weight is 483 g/mol. The van der Waals surface area contributed by atoms with E-state index in [2.05, 4.69) is 0 Å². The largest absolute Gasteiger partial charge is 0.464 e. The fourth-order valence-electron chi connectivity index (χ4n) is 3.87. The van der Waals surface area contributed by atoms with Crippen molar-refractivity contribution in [3.05, 3.63) is 70.2 Å². The molecule has 0 saturated heterocycles. The first-order valence-electron chi connectivity index (χ1n) is 9.36. The number of para-hydroxylation sites is 1. The molecule has 1 unspecified atom stereocenters. The van der Waals surface area contributed by atoms with E-state index in [4.69, 9.17) is 16.0 Å². The average Bonchev–Trinajstić information content (AvgIpc) is 3.11. The number of rotatable bonds is 5. The minimum absolute atomic E-state index is 0.234. The lowest BCUT2D eigenvalue weighted by Crippen LogP contribution is -2.51. The Morgan fingerprint density at radius 1 is 1.00 bits per heavy atom. The van der Waals surface area contributed by atoms with Crippen LogP contribution in [0, 0.1) is 5.82 Å². The highest BCUT2D eigenvalue weighted by Crippen LogP contribution is 2.45. The van der Waals surface area contributed by atoms with Gasteiger partial charge in [0, 0.05) is 17.4 Å². The first-order chi connectivity index (χ1) is 14.6. The number of hydrogen-bond donors (Lipinski definition) is 1. The number of fused-ring (bicyclic) bond motifs is 1. The van der Waals surface area contributed by atoms with Crippen LogP contribution in [0.1, 0.15) is 37.0 Å².